The molecule has 0 saturated carbocycles. The molecule has 1 unspecified atom stereocenters. The molecule has 1 atom stereocenters. The normalized spacial score (nSPS) is 12.1. The molecule has 1 aromatic heterocycles. The zero-order chi connectivity index (χ0) is 12.8. The summed E-state index contributed by atoms with van der Waals surface area (Å²) in [4.78, 5) is 12.8. The number of hydrogen-bond acceptors (Lipinski definition) is 3. The van der Waals surface area contributed by atoms with E-state index in [1.54, 1.807) is 11.3 Å². The fourth-order valence-corrected chi connectivity index (χ4v) is 2.38. The summed E-state index contributed by atoms with van der Waals surface area (Å²) in [5.41, 5.74) is 7.04. The van der Waals surface area contributed by atoms with Gasteiger partial charge in [-0.2, -0.15) is 0 Å². The van der Waals surface area contributed by atoms with Crippen molar-refractivity contribution in [2.75, 3.05) is 6.54 Å². The summed E-state index contributed by atoms with van der Waals surface area (Å²) in [6.07, 6.45) is 0.430. The summed E-state index contributed by atoms with van der Waals surface area (Å²) in [7, 11) is 0. The van der Waals surface area contributed by atoms with Crippen LogP contribution in [0.4, 0.5) is 0 Å². The van der Waals surface area contributed by atoms with E-state index in [2.05, 4.69) is 5.32 Å². The van der Waals surface area contributed by atoms with Crippen molar-refractivity contribution in [3.05, 3.63) is 58.3 Å². The molecule has 0 aliphatic heterocycles. The second-order valence-corrected chi connectivity index (χ2v) is 5.11. The number of nitrogens with one attached hydrogen (secondary N) is 1. The van der Waals surface area contributed by atoms with Crippen LogP contribution in [-0.4, -0.2) is 12.5 Å². The van der Waals surface area contributed by atoms with Gasteiger partial charge in [-0.1, -0.05) is 36.4 Å². The van der Waals surface area contributed by atoms with Gasteiger partial charge < -0.3 is 11.1 Å². The van der Waals surface area contributed by atoms with Gasteiger partial charge in [0.25, 0.3) is 0 Å². The van der Waals surface area contributed by atoms with Gasteiger partial charge in [-0.15, -0.1) is 11.3 Å². The van der Waals surface area contributed by atoms with Crippen molar-refractivity contribution in [3.63, 3.8) is 0 Å². The van der Waals surface area contributed by atoms with Crippen molar-refractivity contribution in [2.24, 2.45) is 5.73 Å². The fraction of sp³-hybridized carbons (Fsp3) is 0.214. The van der Waals surface area contributed by atoms with E-state index in [0.29, 0.717) is 13.0 Å². The Balaban J connectivity index is 1.79. The first kappa shape index (κ1) is 12.8. The first-order valence-electron chi connectivity index (χ1n) is 5.85. The Hall–Kier alpha value is -1.65. The molecule has 0 radical (unpaired) electrons. The van der Waals surface area contributed by atoms with Crippen molar-refractivity contribution < 1.29 is 4.79 Å². The first-order valence-corrected chi connectivity index (χ1v) is 6.73. The van der Waals surface area contributed by atoms with Crippen LogP contribution < -0.4 is 11.1 Å². The van der Waals surface area contributed by atoms with Crippen LogP contribution in [0, 0.1) is 0 Å². The first-order chi connectivity index (χ1) is 8.75. The number of benzene rings is 1. The smallest absolute Gasteiger partial charge is 0.225 e. The average Bonchev–Trinajstić information content (AvgIpc) is 2.90. The summed E-state index contributed by atoms with van der Waals surface area (Å²) in [5.74, 6) is 0.0174. The van der Waals surface area contributed by atoms with Crippen LogP contribution in [0.2, 0.25) is 0 Å². The van der Waals surface area contributed by atoms with Gasteiger partial charge in [-0.05, 0) is 17.0 Å². The lowest BCUT2D eigenvalue weighted by Crippen LogP contribution is -2.32. The lowest BCUT2D eigenvalue weighted by Gasteiger charge is -2.12. The molecule has 2 rings (SSSR count). The average molecular weight is 260 g/mol. The van der Waals surface area contributed by atoms with Gasteiger partial charge in [0.05, 0.1) is 6.42 Å². The van der Waals surface area contributed by atoms with E-state index in [1.807, 2.05) is 47.8 Å². The highest BCUT2D eigenvalue weighted by atomic mass is 32.1. The predicted molar refractivity (Wildman–Crippen MR) is 74.4 cm³/mol. The molecule has 3 nitrogen and oxygen atoms in total. The number of nitrogens with two attached hydrogens (primary N) is 1. The van der Waals surface area contributed by atoms with Gasteiger partial charge in [-0.25, -0.2) is 0 Å². The highest BCUT2D eigenvalue weighted by molar-refractivity contribution is 7.10. The standard InChI is InChI=1S/C14H16N2OS/c15-13(11-5-2-1-3-6-11)10-16-14(17)9-12-7-4-8-18-12/h1-8,13H,9-10,15H2,(H,16,17). The third-order valence-corrected chi connectivity index (χ3v) is 3.54. The zero-order valence-electron chi connectivity index (χ0n) is 10.0. The lowest BCUT2D eigenvalue weighted by atomic mass is 10.1. The molecule has 0 spiro atoms. The summed E-state index contributed by atoms with van der Waals surface area (Å²) < 4.78 is 0. The number of hydrogen-bond donors (Lipinski definition) is 2. The minimum atomic E-state index is -0.154. The fourth-order valence-electron chi connectivity index (χ4n) is 1.68. The molecular weight excluding hydrogens is 244 g/mol. The second kappa shape index (κ2) is 6.33. The third kappa shape index (κ3) is 3.68. The van der Waals surface area contributed by atoms with Crippen molar-refractivity contribution in [3.8, 4) is 0 Å². The van der Waals surface area contributed by atoms with E-state index in [9.17, 15) is 4.79 Å². The van der Waals surface area contributed by atoms with Crippen LogP contribution in [0.25, 0.3) is 0 Å². The third-order valence-electron chi connectivity index (χ3n) is 2.66. The van der Waals surface area contributed by atoms with Crippen molar-refractivity contribution in [1.82, 2.24) is 5.32 Å². The summed E-state index contributed by atoms with van der Waals surface area (Å²) in [5, 5.41) is 4.83. The van der Waals surface area contributed by atoms with Gasteiger partial charge in [0.15, 0.2) is 0 Å². The predicted octanol–water partition coefficient (Wildman–Crippen LogP) is 2.11. The molecule has 94 valence electrons. The van der Waals surface area contributed by atoms with E-state index in [-0.39, 0.29) is 11.9 Å². The summed E-state index contributed by atoms with van der Waals surface area (Å²) in [6, 6.07) is 13.5. The molecule has 3 N–H and O–H groups in total. The van der Waals surface area contributed by atoms with E-state index >= 15 is 0 Å². The molecule has 1 amide bonds. The Labute approximate surface area is 111 Å². The number of rotatable bonds is 5. The van der Waals surface area contributed by atoms with Crippen LogP contribution in [-0.2, 0) is 11.2 Å². The molecule has 0 fully saturated rings. The van der Waals surface area contributed by atoms with Gasteiger partial charge in [0.1, 0.15) is 0 Å². The van der Waals surface area contributed by atoms with Gasteiger partial charge in [-0.3, -0.25) is 4.79 Å². The summed E-state index contributed by atoms with van der Waals surface area (Å²) in [6.45, 7) is 0.466. The molecule has 1 aromatic carbocycles. The van der Waals surface area contributed by atoms with Crippen molar-refractivity contribution >= 4 is 17.2 Å². The largest absolute Gasteiger partial charge is 0.354 e. The van der Waals surface area contributed by atoms with Crippen LogP contribution in [0.5, 0.6) is 0 Å². The lowest BCUT2D eigenvalue weighted by molar-refractivity contribution is -0.120. The van der Waals surface area contributed by atoms with Gasteiger partial charge in [0.2, 0.25) is 5.91 Å². The van der Waals surface area contributed by atoms with E-state index in [4.69, 9.17) is 5.73 Å². The van der Waals surface area contributed by atoms with Crippen LogP contribution >= 0.6 is 11.3 Å². The van der Waals surface area contributed by atoms with Crippen molar-refractivity contribution in [1.29, 1.82) is 0 Å². The van der Waals surface area contributed by atoms with E-state index in [1.165, 1.54) is 0 Å². The maximum Gasteiger partial charge on any atom is 0.225 e. The SMILES string of the molecule is NC(CNC(=O)Cc1cccs1)c1ccccc1. The van der Waals surface area contributed by atoms with Gasteiger partial charge in [0, 0.05) is 17.5 Å². The highest BCUT2D eigenvalue weighted by Crippen LogP contribution is 2.10. The van der Waals surface area contributed by atoms with Crippen LogP contribution in [0.3, 0.4) is 0 Å². The molecule has 2 aromatic rings. The Morgan fingerprint density at radius 1 is 1.22 bits per heavy atom. The topological polar surface area (TPSA) is 55.1 Å². The monoisotopic (exact) mass is 260 g/mol. The number of thiophene rings is 1. The van der Waals surface area contributed by atoms with Gasteiger partial charge >= 0.3 is 0 Å². The number of carbonyl (C=O) groups is 1. The Morgan fingerprint density at radius 2 is 2.00 bits per heavy atom. The van der Waals surface area contributed by atoms with Crippen LogP contribution in [0.1, 0.15) is 16.5 Å². The molecule has 0 bridgehead atoms. The molecule has 0 saturated heterocycles. The summed E-state index contributed by atoms with van der Waals surface area (Å²) >= 11 is 1.59. The second-order valence-electron chi connectivity index (χ2n) is 4.08. The number of amides is 1. The van der Waals surface area contributed by atoms with Crippen LogP contribution in [0.15, 0.2) is 47.8 Å². The highest BCUT2D eigenvalue weighted by Gasteiger charge is 2.08. The number of carbonyl (C=O) groups excluding carboxylic acids is 1. The molecule has 4 heteroatoms. The minimum absolute atomic E-state index is 0.0174. The molecule has 18 heavy (non-hydrogen) atoms. The Morgan fingerprint density at radius 3 is 2.67 bits per heavy atom. The zero-order valence-corrected chi connectivity index (χ0v) is 10.8. The molecule has 0 aliphatic carbocycles. The minimum Gasteiger partial charge on any atom is -0.354 e. The maximum atomic E-state index is 11.7. The Bertz CT molecular complexity index is 482. The molecule has 0 aliphatic rings. The maximum absolute atomic E-state index is 11.7. The van der Waals surface area contributed by atoms with E-state index < -0.39 is 0 Å². The molecular formula is C14H16N2OS. The quantitative estimate of drug-likeness (QED) is 0.865. The van der Waals surface area contributed by atoms with Crippen molar-refractivity contribution in [2.45, 2.75) is 12.5 Å². The molecule has 1 heterocycles. The van der Waals surface area contributed by atoms with E-state index in [0.717, 1.165) is 10.4 Å². The Kier molecular flexibility index (Phi) is 4.50.